The van der Waals surface area contributed by atoms with Crippen LogP contribution in [0.4, 0.5) is 0 Å². The summed E-state index contributed by atoms with van der Waals surface area (Å²) in [6, 6.07) is 11.8. The Bertz CT molecular complexity index is 1490. The van der Waals surface area contributed by atoms with Gasteiger partial charge in [0.05, 0.1) is 50.6 Å². The number of aliphatic hydroxyl groups excluding tert-OH is 1. The zero-order valence-corrected chi connectivity index (χ0v) is 23.7. The molecule has 1 heterocycles. The minimum absolute atomic E-state index is 0.00131. The molecule has 1 saturated heterocycles. The number of hydrogen-bond donors (Lipinski definition) is 2. The second kappa shape index (κ2) is 12.0. The van der Waals surface area contributed by atoms with Crippen molar-refractivity contribution in [1.82, 2.24) is 4.90 Å². The Morgan fingerprint density at radius 2 is 1.52 bits per heavy atom. The second-order valence-corrected chi connectivity index (χ2v) is 9.59. The van der Waals surface area contributed by atoms with Crippen molar-refractivity contribution in [1.29, 1.82) is 0 Å². The average Bonchev–Trinajstić information content (AvgIpc) is 3.20. The number of aliphatic hydroxyl groups is 1. The molecule has 1 amide bonds. The van der Waals surface area contributed by atoms with Crippen molar-refractivity contribution >= 4 is 40.7 Å². The van der Waals surface area contributed by atoms with Gasteiger partial charge in [-0.2, -0.15) is 0 Å². The van der Waals surface area contributed by atoms with Gasteiger partial charge < -0.3 is 34.1 Å². The number of amides is 1. The highest BCUT2D eigenvalue weighted by molar-refractivity contribution is 6.47. The van der Waals surface area contributed by atoms with Crippen LogP contribution in [-0.4, -0.2) is 61.8 Å². The molecule has 9 nitrogen and oxygen atoms in total. The Morgan fingerprint density at radius 3 is 2.12 bits per heavy atom. The van der Waals surface area contributed by atoms with Crippen molar-refractivity contribution in [3.8, 4) is 28.7 Å². The topological polar surface area (TPSA) is 115 Å². The third-order valence-electron chi connectivity index (χ3n) is 6.63. The summed E-state index contributed by atoms with van der Waals surface area (Å²) >= 11 is 12.8. The van der Waals surface area contributed by atoms with E-state index in [9.17, 15) is 19.8 Å². The zero-order valence-electron chi connectivity index (χ0n) is 22.2. The van der Waals surface area contributed by atoms with Gasteiger partial charge >= 0.3 is 0 Å². The maximum absolute atomic E-state index is 13.4. The van der Waals surface area contributed by atoms with Gasteiger partial charge in [-0.1, -0.05) is 41.4 Å². The number of methoxy groups -OCH3 is 4. The van der Waals surface area contributed by atoms with Crippen LogP contribution in [0.1, 0.15) is 22.7 Å². The number of ketones is 1. The Morgan fingerprint density at radius 1 is 0.875 bits per heavy atom. The number of carbonyl (C=O) groups is 2. The normalized spacial score (nSPS) is 16.2. The number of rotatable bonds is 9. The van der Waals surface area contributed by atoms with Gasteiger partial charge in [-0.25, -0.2) is 0 Å². The number of ether oxygens (including phenoxy) is 4. The number of phenols is 1. The molecule has 4 rings (SSSR count). The van der Waals surface area contributed by atoms with E-state index in [2.05, 4.69) is 0 Å². The molecule has 1 fully saturated rings. The van der Waals surface area contributed by atoms with Gasteiger partial charge in [0.2, 0.25) is 0 Å². The van der Waals surface area contributed by atoms with Crippen molar-refractivity contribution in [2.75, 3.05) is 35.0 Å². The molecule has 1 aliphatic heterocycles. The quantitative estimate of drug-likeness (QED) is 0.194. The zero-order chi connectivity index (χ0) is 29.1. The standard InChI is InChI=1S/C29H27Cl2NO8/c1-37-20-10-5-15(13-21(20)38-2)11-12-32-24(16-6-8-17(33)9-7-16)22(26(35)29(32)36)25(34)18-14-19(30)28(40-4)23(31)27(18)39-3/h5-10,13-14,24,33-34H,11-12H2,1-4H3/b25-22+. The lowest BCUT2D eigenvalue weighted by Gasteiger charge is -2.26. The van der Waals surface area contributed by atoms with Crippen LogP contribution in [0.5, 0.6) is 28.7 Å². The molecule has 3 aromatic rings. The van der Waals surface area contributed by atoms with Crippen molar-refractivity contribution in [3.63, 3.8) is 0 Å². The third kappa shape index (κ3) is 5.22. The highest BCUT2D eigenvalue weighted by atomic mass is 35.5. The number of halogens is 2. The Labute approximate surface area is 241 Å². The van der Waals surface area contributed by atoms with Gasteiger partial charge in [0.1, 0.15) is 16.5 Å². The summed E-state index contributed by atoms with van der Waals surface area (Å²) in [6.45, 7) is 0.129. The van der Waals surface area contributed by atoms with Gasteiger partial charge in [0.15, 0.2) is 23.0 Å². The van der Waals surface area contributed by atoms with E-state index >= 15 is 0 Å². The van der Waals surface area contributed by atoms with Gasteiger partial charge in [0.25, 0.3) is 11.7 Å². The van der Waals surface area contributed by atoms with Crippen LogP contribution in [0.15, 0.2) is 54.1 Å². The number of phenolic OH excluding ortho intramolecular Hbond substituents is 1. The summed E-state index contributed by atoms with van der Waals surface area (Å²) in [7, 11) is 5.77. The number of aromatic hydroxyl groups is 1. The van der Waals surface area contributed by atoms with Gasteiger partial charge in [-0.15, -0.1) is 0 Å². The molecule has 0 bridgehead atoms. The van der Waals surface area contributed by atoms with E-state index in [1.54, 1.807) is 24.3 Å². The van der Waals surface area contributed by atoms with Crippen LogP contribution < -0.4 is 18.9 Å². The van der Waals surface area contributed by atoms with E-state index in [0.717, 1.165) is 5.56 Å². The first-order valence-corrected chi connectivity index (χ1v) is 12.8. The second-order valence-electron chi connectivity index (χ2n) is 8.81. The van der Waals surface area contributed by atoms with Gasteiger partial charge in [0, 0.05) is 6.54 Å². The molecule has 1 atom stereocenters. The number of benzene rings is 3. The molecule has 1 unspecified atom stereocenters. The summed E-state index contributed by atoms with van der Waals surface area (Å²) in [5.41, 5.74) is 1.16. The lowest BCUT2D eigenvalue weighted by atomic mass is 9.94. The molecule has 0 spiro atoms. The Hall–Kier alpha value is -4.08. The molecule has 210 valence electrons. The van der Waals surface area contributed by atoms with Crippen LogP contribution in [0.3, 0.4) is 0 Å². The highest BCUT2D eigenvalue weighted by Crippen LogP contribution is 2.47. The van der Waals surface area contributed by atoms with E-state index in [1.807, 2.05) is 6.07 Å². The molecule has 40 heavy (non-hydrogen) atoms. The van der Waals surface area contributed by atoms with Crippen molar-refractivity contribution in [2.24, 2.45) is 0 Å². The summed E-state index contributed by atoms with van der Waals surface area (Å²) in [4.78, 5) is 28.2. The Kier molecular flexibility index (Phi) is 8.66. The number of carbonyl (C=O) groups excluding carboxylic acids is 2. The first kappa shape index (κ1) is 28.9. The Balaban J connectivity index is 1.83. The van der Waals surface area contributed by atoms with Crippen LogP contribution in [-0.2, 0) is 16.0 Å². The van der Waals surface area contributed by atoms with Crippen LogP contribution in [0.2, 0.25) is 10.0 Å². The molecule has 11 heteroatoms. The predicted octanol–water partition coefficient (Wildman–Crippen LogP) is 5.40. The molecular weight excluding hydrogens is 561 g/mol. The van der Waals surface area contributed by atoms with E-state index in [-0.39, 0.29) is 45.0 Å². The first-order chi connectivity index (χ1) is 19.2. The fraction of sp³-hybridized carbons (Fsp3) is 0.241. The number of nitrogens with zero attached hydrogens (tertiary/aromatic N) is 1. The minimum atomic E-state index is -0.981. The van der Waals surface area contributed by atoms with E-state index in [0.29, 0.717) is 23.5 Å². The van der Waals surface area contributed by atoms with Crippen molar-refractivity contribution < 1.29 is 38.7 Å². The lowest BCUT2D eigenvalue weighted by molar-refractivity contribution is -0.139. The summed E-state index contributed by atoms with van der Waals surface area (Å²) in [5, 5.41) is 21.4. The molecule has 0 saturated carbocycles. The van der Waals surface area contributed by atoms with Gasteiger partial charge in [-0.3, -0.25) is 9.59 Å². The fourth-order valence-electron chi connectivity index (χ4n) is 4.69. The third-order valence-corrected chi connectivity index (χ3v) is 7.26. The maximum atomic E-state index is 13.4. The molecule has 1 aliphatic rings. The van der Waals surface area contributed by atoms with Crippen LogP contribution in [0.25, 0.3) is 5.76 Å². The highest BCUT2D eigenvalue weighted by Gasteiger charge is 2.46. The van der Waals surface area contributed by atoms with Gasteiger partial charge in [-0.05, 0) is 47.9 Å². The molecule has 0 aromatic heterocycles. The maximum Gasteiger partial charge on any atom is 0.295 e. The number of likely N-dealkylation sites (tertiary alicyclic amines) is 1. The van der Waals surface area contributed by atoms with Crippen molar-refractivity contribution in [3.05, 3.63) is 80.8 Å². The molecule has 2 N–H and O–H groups in total. The summed E-state index contributed by atoms with van der Waals surface area (Å²) in [5.74, 6) is -0.991. The summed E-state index contributed by atoms with van der Waals surface area (Å²) < 4.78 is 21.3. The monoisotopic (exact) mass is 587 g/mol. The molecule has 3 aromatic carbocycles. The van der Waals surface area contributed by atoms with E-state index < -0.39 is 23.5 Å². The van der Waals surface area contributed by atoms with Crippen LogP contribution in [0, 0.1) is 0 Å². The molecule has 0 aliphatic carbocycles. The average molecular weight is 588 g/mol. The van der Waals surface area contributed by atoms with E-state index in [4.69, 9.17) is 42.1 Å². The smallest absolute Gasteiger partial charge is 0.295 e. The first-order valence-electron chi connectivity index (χ1n) is 12.0. The predicted molar refractivity (Wildman–Crippen MR) is 150 cm³/mol. The fourth-order valence-corrected chi connectivity index (χ4v) is 5.38. The van der Waals surface area contributed by atoms with Crippen LogP contribution >= 0.6 is 23.2 Å². The molecule has 0 radical (unpaired) electrons. The van der Waals surface area contributed by atoms with Crippen molar-refractivity contribution in [2.45, 2.75) is 12.5 Å². The minimum Gasteiger partial charge on any atom is -0.508 e. The lowest BCUT2D eigenvalue weighted by Crippen LogP contribution is -2.31. The largest absolute Gasteiger partial charge is 0.508 e. The molecular formula is C29H27Cl2NO8. The SMILES string of the molecule is COc1ccc(CCN2C(=O)C(=O)/C(=C(/O)c3cc(Cl)c(OC)c(Cl)c3OC)C2c2ccc(O)cc2)cc1OC. The number of hydrogen-bond acceptors (Lipinski definition) is 8. The summed E-state index contributed by atoms with van der Waals surface area (Å²) in [6.07, 6.45) is 0.367. The number of Topliss-reactive ketones (excluding diaryl/α,β-unsaturated/α-hetero) is 1. The van der Waals surface area contributed by atoms with E-state index in [1.165, 1.54) is 51.5 Å².